The standard InChI is InChI=1S/C23H21ClFN3O3S/c1-13-10-14(26-22(29)15-6-4-5-7-17(15)25)8-9-18(13)27-23(32)28-19-11-16(24)20(30-2)12-21(19)31-3/h4-12H,1-3H3,(H,26,29)(H2,27,28,32). The highest BCUT2D eigenvalue weighted by Gasteiger charge is 2.13. The first-order chi connectivity index (χ1) is 15.3. The number of hydrogen-bond donors (Lipinski definition) is 3. The molecule has 0 bridgehead atoms. The number of ether oxygens (including phenoxy) is 2. The maximum absolute atomic E-state index is 13.8. The number of methoxy groups -OCH3 is 2. The third-order valence-corrected chi connectivity index (χ3v) is 5.07. The fourth-order valence-electron chi connectivity index (χ4n) is 2.96. The van der Waals surface area contributed by atoms with E-state index in [1.807, 2.05) is 6.92 Å². The molecule has 6 nitrogen and oxygen atoms in total. The van der Waals surface area contributed by atoms with Crippen LogP contribution < -0.4 is 25.4 Å². The molecule has 0 aromatic heterocycles. The number of nitrogens with one attached hydrogen (secondary N) is 3. The topological polar surface area (TPSA) is 71.6 Å². The fourth-order valence-corrected chi connectivity index (χ4v) is 3.42. The van der Waals surface area contributed by atoms with E-state index in [-0.39, 0.29) is 5.56 Å². The molecule has 0 aliphatic heterocycles. The average Bonchev–Trinajstić information content (AvgIpc) is 2.76. The van der Waals surface area contributed by atoms with Crippen LogP contribution in [0.4, 0.5) is 21.5 Å². The number of carbonyl (C=O) groups is 1. The van der Waals surface area contributed by atoms with E-state index in [1.54, 1.807) is 36.4 Å². The second kappa shape index (κ2) is 10.3. The van der Waals surface area contributed by atoms with E-state index >= 15 is 0 Å². The lowest BCUT2D eigenvalue weighted by atomic mass is 10.1. The van der Waals surface area contributed by atoms with Crippen molar-refractivity contribution in [1.82, 2.24) is 0 Å². The van der Waals surface area contributed by atoms with Crippen LogP contribution in [0.5, 0.6) is 11.5 Å². The molecular weight excluding hydrogens is 453 g/mol. The molecular formula is C23H21ClFN3O3S. The molecule has 3 aromatic carbocycles. The van der Waals surface area contributed by atoms with Gasteiger partial charge in [-0.2, -0.15) is 0 Å². The number of thiocarbonyl (C=S) groups is 1. The van der Waals surface area contributed by atoms with Crippen LogP contribution in [0.25, 0.3) is 0 Å². The molecule has 0 saturated heterocycles. The van der Waals surface area contributed by atoms with Gasteiger partial charge in [-0.1, -0.05) is 23.7 Å². The number of anilines is 3. The Hall–Kier alpha value is -3.36. The molecule has 166 valence electrons. The number of amides is 1. The maximum atomic E-state index is 13.8. The van der Waals surface area contributed by atoms with Gasteiger partial charge in [0.25, 0.3) is 5.91 Å². The van der Waals surface area contributed by atoms with Crippen LogP contribution in [0, 0.1) is 12.7 Å². The zero-order valence-electron chi connectivity index (χ0n) is 17.6. The van der Waals surface area contributed by atoms with Crippen molar-refractivity contribution in [3.8, 4) is 11.5 Å². The normalized spacial score (nSPS) is 10.3. The van der Waals surface area contributed by atoms with Crippen molar-refractivity contribution in [3.05, 3.63) is 76.6 Å². The summed E-state index contributed by atoms with van der Waals surface area (Å²) in [6.07, 6.45) is 0. The van der Waals surface area contributed by atoms with E-state index in [4.69, 9.17) is 33.3 Å². The molecule has 3 N–H and O–H groups in total. The molecule has 0 heterocycles. The third-order valence-electron chi connectivity index (χ3n) is 4.57. The molecule has 0 fully saturated rings. The summed E-state index contributed by atoms with van der Waals surface area (Å²) >= 11 is 11.6. The average molecular weight is 474 g/mol. The highest BCUT2D eigenvalue weighted by atomic mass is 35.5. The molecule has 3 rings (SSSR count). The molecule has 9 heteroatoms. The number of aryl methyl sites for hydroxylation is 1. The Labute approximate surface area is 195 Å². The summed E-state index contributed by atoms with van der Waals surface area (Å²) in [6, 6.07) is 14.3. The lowest BCUT2D eigenvalue weighted by Crippen LogP contribution is -2.20. The second-order valence-corrected chi connectivity index (χ2v) is 7.55. The summed E-state index contributed by atoms with van der Waals surface area (Å²) in [6.45, 7) is 1.86. The molecule has 32 heavy (non-hydrogen) atoms. The van der Waals surface area contributed by atoms with Gasteiger partial charge in [0.15, 0.2) is 5.11 Å². The lowest BCUT2D eigenvalue weighted by molar-refractivity contribution is 0.102. The van der Waals surface area contributed by atoms with Gasteiger partial charge in [0, 0.05) is 17.4 Å². The van der Waals surface area contributed by atoms with Crippen molar-refractivity contribution in [3.63, 3.8) is 0 Å². The van der Waals surface area contributed by atoms with Gasteiger partial charge in [0.05, 0.1) is 30.5 Å². The Kier molecular flexibility index (Phi) is 7.50. The fraction of sp³-hybridized carbons (Fsp3) is 0.130. The molecule has 1 amide bonds. The summed E-state index contributed by atoms with van der Waals surface area (Å²) in [7, 11) is 3.05. The monoisotopic (exact) mass is 473 g/mol. The zero-order chi connectivity index (χ0) is 23.3. The third kappa shape index (κ3) is 5.46. The highest BCUT2D eigenvalue weighted by molar-refractivity contribution is 7.80. The van der Waals surface area contributed by atoms with E-state index in [1.165, 1.54) is 32.4 Å². The van der Waals surface area contributed by atoms with Gasteiger partial charge in [0.1, 0.15) is 17.3 Å². The number of hydrogen-bond acceptors (Lipinski definition) is 4. The van der Waals surface area contributed by atoms with Crippen LogP contribution in [0.15, 0.2) is 54.6 Å². The first kappa shape index (κ1) is 23.3. The minimum Gasteiger partial charge on any atom is -0.495 e. The summed E-state index contributed by atoms with van der Waals surface area (Å²) in [5.74, 6) is -0.107. The Morgan fingerprint density at radius 1 is 0.938 bits per heavy atom. The summed E-state index contributed by atoms with van der Waals surface area (Å²) in [4.78, 5) is 12.3. The van der Waals surface area contributed by atoms with Gasteiger partial charge in [-0.05, 0) is 61.1 Å². The summed E-state index contributed by atoms with van der Waals surface area (Å²) < 4.78 is 24.4. The van der Waals surface area contributed by atoms with Crippen LogP contribution in [-0.2, 0) is 0 Å². The summed E-state index contributed by atoms with van der Waals surface area (Å²) in [5.41, 5.74) is 2.63. The number of carbonyl (C=O) groups excluding carboxylic acids is 1. The van der Waals surface area contributed by atoms with E-state index in [9.17, 15) is 9.18 Å². The van der Waals surface area contributed by atoms with Gasteiger partial charge < -0.3 is 25.4 Å². The van der Waals surface area contributed by atoms with Crippen molar-refractivity contribution < 1.29 is 18.7 Å². The second-order valence-electron chi connectivity index (χ2n) is 6.73. The predicted octanol–water partition coefficient (Wildman–Crippen LogP) is 5.87. The van der Waals surface area contributed by atoms with Crippen LogP contribution >= 0.6 is 23.8 Å². The highest BCUT2D eigenvalue weighted by Crippen LogP contribution is 2.36. The van der Waals surface area contributed by atoms with Crippen LogP contribution in [0.1, 0.15) is 15.9 Å². The molecule has 0 spiro atoms. The zero-order valence-corrected chi connectivity index (χ0v) is 19.2. The Balaban J connectivity index is 1.70. The van der Waals surface area contributed by atoms with Crippen molar-refractivity contribution in [1.29, 1.82) is 0 Å². The van der Waals surface area contributed by atoms with E-state index in [0.29, 0.717) is 33.0 Å². The smallest absolute Gasteiger partial charge is 0.258 e. The Bertz CT molecular complexity index is 1170. The number of benzene rings is 3. The molecule has 0 aliphatic carbocycles. The SMILES string of the molecule is COc1cc(OC)c(NC(=S)Nc2ccc(NC(=O)c3ccccc3F)cc2C)cc1Cl. The first-order valence-corrected chi connectivity index (χ1v) is 10.3. The van der Waals surface area contributed by atoms with Crippen LogP contribution in [0.2, 0.25) is 5.02 Å². The van der Waals surface area contributed by atoms with Crippen molar-refractivity contribution in [2.75, 3.05) is 30.2 Å². The van der Waals surface area contributed by atoms with Gasteiger partial charge in [-0.15, -0.1) is 0 Å². The number of halogens is 2. The molecule has 0 unspecified atom stereocenters. The minimum absolute atomic E-state index is 0.0233. The molecule has 0 atom stereocenters. The minimum atomic E-state index is -0.578. The van der Waals surface area contributed by atoms with Gasteiger partial charge in [-0.3, -0.25) is 4.79 Å². The van der Waals surface area contributed by atoms with Crippen molar-refractivity contribution in [2.24, 2.45) is 0 Å². The lowest BCUT2D eigenvalue weighted by Gasteiger charge is -2.17. The van der Waals surface area contributed by atoms with Gasteiger partial charge in [-0.25, -0.2) is 4.39 Å². The number of rotatable bonds is 6. The van der Waals surface area contributed by atoms with E-state index < -0.39 is 11.7 Å². The Morgan fingerprint density at radius 3 is 2.28 bits per heavy atom. The van der Waals surface area contributed by atoms with Crippen LogP contribution in [-0.4, -0.2) is 25.2 Å². The van der Waals surface area contributed by atoms with E-state index in [0.717, 1.165) is 11.3 Å². The Morgan fingerprint density at radius 2 is 1.62 bits per heavy atom. The van der Waals surface area contributed by atoms with Gasteiger partial charge in [0.2, 0.25) is 0 Å². The molecule has 3 aromatic rings. The maximum Gasteiger partial charge on any atom is 0.258 e. The van der Waals surface area contributed by atoms with Gasteiger partial charge >= 0.3 is 0 Å². The molecule has 0 saturated carbocycles. The molecule has 0 aliphatic rings. The summed E-state index contributed by atoms with van der Waals surface area (Å²) in [5, 5.41) is 9.56. The predicted molar refractivity (Wildman–Crippen MR) is 130 cm³/mol. The van der Waals surface area contributed by atoms with Crippen molar-refractivity contribution >= 4 is 51.9 Å². The van der Waals surface area contributed by atoms with Crippen molar-refractivity contribution in [2.45, 2.75) is 6.92 Å². The first-order valence-electron chi connectivity index (χ1n) is 9.48. The van der Waals surface area contributed by atoms with Crippen LogP contribution in [0.3, 0.4) is 0 Å². The largest absolute Gasteiger partial charge is 0.495 e. The molecule has 0 radical (unpaired) electrons. The quantitative estimate of drug-likeness (QED) is 0.389. The van der Waals surface area contributed by atoms with E-state index in [2.05, 4.69) is 16.0 Å².